The van der Waals surface area contributed by atoms with Crippen LogP contribution in [0, 0.1) is 0 Å². The van der Waals surface area contributed by atoms with Gasteiger partial charge in [0.05, 0.1) is 12.8 Å². The molecule has 0 amide bonds. The maximum Gasteiger partial charge on any atom is 0.379 e. The van der Waals surface area contributed by atoms with Crippen LogP contribution in [0.2, 0.25) is 5.02 Å². The van der Waals surface area contributed by atoms with E-state index in [0.717, 1.165) is 0 Å². The van der Waals surface area contributed by atoms with Gasteiger partial charge < -0.3 is 14.2 Å². The second-order valence-electron chi connectivity index (χ2n) is 3.05. The number of benzene rings is 1. The van der Waals surface area contributed by atoms with E-state index in [2.05, 4.69) is 0 Å². The van der Waals surface area contributed by atoms with E-state index in [1.54, 1.807) is 13.8 Å². The zero-order valence-corrected chi connectivity index (χ0v) is 10.8. The lowest BCUT2D eigenvalue weighted by Gasteiger charge is -2.17. The first-order valence-electron chi connectivity index (χ1n) is 4.92. The predicted molar refractivity (Wildman–Crippen MR) is 63.5 cm³/mol. The second-order valence-corrected chi connectivity index (χ2v) is 5.78. The summed E-state index contributed by atoms with van der Waals surface area (Å²) in [6, 6.07) is 4.29. The molecule has 6 heteroatoms. The molecule has 1 rings (SSSR count). The minimum absolute atomic E-state index is 0.0751. The van der Waals surface area contributed by atoms with Gasteiger partial charge >= 0.3 is 7.60 Å². The van der Waals surface area contributed by atoms with Crippen molar-refractivity contribution in [2.24, 2.45) is 0 Å². The van der Waals surface area contributed by atoms with Crippen LogP contribution in [0.15, 0.2) is 18.2 Å². The molecule has 0 saturated carbocycles. The molecule has 0 radical (unpaired) electrons. The highest BCUT2D eigenvalue weighted by Crippen LogP contribution is 2.50. The molecule has 0 aliphatic heterocycles. The number of hydrogen-bond donors (Lipinski definition) is 1. The van der Waals surface area contributed by atoms with Crippen LogP contribution in [-0.2, 0) is 9.09 Å². The zero-order valence-electron chi connectivity index (χ0n) is 9.14. The smallest absolute Gasteiger partial charge is 0.379 e. The number of phenolic OH excluding ortho intramolecular Hbond substituents is 1. The van der Waals surface area contributed by atoms with Gasteiger partial charge in [0.2, 0.25) is 0 Å². The average Bonchev–Trinajstić information content (AvgIpc) is 2.24. The number of aromatic hydroxyl groups is 1. The van der Waals surface area contributed by atoms with Gasteiger partial charge in [0.1, 0.15) is 0 Å². The minimum Gasteiger partial charge on any atom is -0.504 e. The van der Waals surface area contributed by atoms with Gasteiger partial charge in [-0.25, -0.2) is 4.57 Å². The van der Waals surface area contributed by atoms with E-state index in [1.165, 1.54) is 18.2 Å². The van der Waals surface area contributed by atoms with Gasteiger partial charge in [-0.15, -0.1) is 0 Å². The van der Waals surface area contributed by atoms with Gasteiger partial charge in [-0.2, -0.15) is 0 Å². The summed E-state index contributed by atoms with van der Waals surface area (Å²) in [6.45, 7) is 3.70. The number of rotatable bonds is 5. The summed E-state index contributed by atoms with van der Waals surface area (Å²) in [6.07, 6.45) is 0.229. The maximum atomic E-state index is 12.0. The maximum absolute atomic E-state index is 12.0. The highest BCUT2D eigenvalue weighted by Gasteiger charge is 2.24. The van der Waals surface area contributed by atoms with Gasteiger partial charge in [-0.3, -0.25) is 0 Å². The Kier molecular flexibility index (Phi) is 4.66. The second kappa shape index (κ2) is 5.58. The van der Waals surface area contributed by atoms with Crippen LogP contribution in [0.1, 0.15) is 13.8 Å². The molecule has 90 valence electrons. The average molecular weight is 265 g/mol. The summed E-state index contributed by atoms with van der Waals surface area (Å²) < 4.78 is 22.3. The van der Waals surface area contributed by atoms with E-state index in [1.807, 2.05) is 0 Å². The largest absolute Gasteiger partial charge is 0.504 e. The number of hydrogen-bond acceptors (Lipinski definition) is 4. The van der Waals surface area contributed by atoms with Gasteiger partial charge in [0, 0.05) is 11.1 Å². The highest BCUT2D eigenvalue weighted by atomic mass is 35.5. The quantitative estimate of drug-likeness (QED) is 0.825. The van der Waals surface area contributed by atoms with Crippen LogP contribution in [0.3, 0.4) is 0 Å². The molecular weight excluding hydrogens is 251 g/mol. The molecule has 0 aromatic heterocycles. The van der Waals surface area contributed by atoms with Crippen molar-refractivity contribution < 1.29 is 18.7 Å². The summed E-state index contributed by atoms with van der Waals surface area (Å²) in [5, 5.41) is 9.90. The van der Waals surface area contributed by atoms with Crippen LogP contribution in [0.4, 0.5) is 0 Å². The monoisotopic (exact) mass is 264 g/mol. The molecule has 4 nitrogen and oxygen atoms in total. The fourth-order valence-electron chi connectivity index (χ4n) is 1.09. The summed E-state index contributed by atoms with van der Waals surface area (Å²) in [7, 11) is -3.19. The molecule has 0 fully saturated rings. The molecular formula is C10H14ClO4P. The molecule has 1 aromatic carbocycles. The van der Waals surface area contributed by atoms with Crippen molar-refractivity contribution in [3.05, 3.63) is 23.2 Å². The molecule has 1 aromatic rings. The first-order valence-corrected chi connectivity index (χ1v) is 7.03. The molecule has 0 aliphatic rings. The Morgan fingerprint density at radius 3 is 2.69 bits per heavy atom. The lowest BCUT2D eigenvalue weighted by Crippen LogP contribution is -2.00. The van der Waals surface area contributed by atoms with Crippen LogP contribution in [0.25, 0.3) is 0 Å². The minimum atomic E-state index is -3.19. The van der Waals surface area contributed by atoms with Crippen molar-refractivity contribution in [1.82, 2.24) is 0 Å². The molecule has 0 bridgehead atoms. The van der Waals surface area contributed by atoms with Crippen molar-refractivity contribution in [3.8, 4) is 11.5 Å². The summed E-state index contributed by atoms with van der Waals surface area (Å²) in [4.78, 5) is 0. The highest BCUT2D eigenvalue weighted by molar-refractivity contribution is 7.54. The van der Waals surface area contributed by atoms with Crippen molar-refractivity contribution in [3.63, 3.8) is 0 Å². The number of halogens is 1. The third-order valence-electron chi connectivity index (χ3n) is 1.87. The molecule has 0 aliphatic carbocycles. The fourth-order valence-corrected chi connectivity index (χ4v) is 2.46. The van der Waals surface area contributed by atoms with E-state index in [9.17, 15) is 9.67 Å². The van der Waals surface area contributed by atoms with Crippen LogP contribution in [-0.4, -0.2) is 17.9 Å². The molecule has 1 atom stereocenters. The Bertz CT molecular complexity index is 408. The van der Waals surface area contributed by atoms with E-state index in [0.29, 0.717) is 5.02 Å². The van der Waals surface area contributed by atoms with E-state index >= 15 is 0 Å². The Morgan fingerprint density at radius 1 is 1.44 bits per heavy atom. The van der Waals surface area contributed by atoms with Crippen molar-refractivity contribution in [1.29, 1.82) is 0 Å². The van der Waals surface area contributed by atoms with E-state index in [-0.39, 0.29) is 24.3 Å². The third-order valence-corrected chi connectivity index (χ3v) is 4.01. The topological polar surface area (TPSA) is 55.8 Å². The van der Waals surface area contributed by atoms with E-state index in [4.69, 9.17) is 20.6 Å². The lowest BCUT2D eigenvalue weighted by molar-refractivity contribution is 0.277. The van der Waals surface area contributed by atoms with Crippen LogP contribution < -0.4 is 4.52 Å². The van der Waals surface area contributed by atoms with Crippen LogP contribution >= 0.6 is 19.2 Å². The summed E-state index contributed by atoms with van der Waals surface area (Å²) in [5.74, 6) is -0.0380. The summed E-state index contributed by atoms with van der Waals surface area (Å²) >= 11 is 5.74. The standard InChI is InChI=1S/C10H14ClO4P/c1-3-14-16(13,4-2)15-10-7-8(11)5-6-9(10)12/h5-7,12H,3-4H2,1-2H3. The normalized spacial score (nSPS) is 14.4. The Balaban J connectivity index is 2.94. The molecule has 0 heterocycles. The van der Waals surface area contributed by atoms with E-state index < -0.39 is 7.60 Å². The molecule has 0 spiro atoms. The van der Waals surface area contributed by atoms with Gasteiger partial charge in [-0.1, -0.05) is 18.5 Å². The van der Waals surface area contributed by atoms with Gasteiger partial charge in [0.25, 0.3) is 0 Å². The first kappa shape index (κ1) is 13.4. The zero-order chi connectivity index (χ0) is 12.2. The molecule has 0 saturated heterocycles. The van der Waals surface area contributed by atoms with Crippen LogP contribution in [0.5, 0.6) is 11.5 Å². The SMILES string of the molecule is CCOP(=O)(CC)Oc1cc(Cl)ccc1O. The fraction of sp³-hybridized carbons (Fsp3) is 0.400. The molecule has 1 N–H and O–H groups in total. The Morgan fingerprint density at radius 2 is 2.12 bits per heavy atom. The number of phenols is 1. The van der Waals surface area contributed by atoms with Gasteiger partial charge in [0.15, 0.2) is 11.5 Å². The van der Waals surface area contributed by atoms with Gasteiger partial charge in [-0.05, 0) is 19.1 Å². The lowest BCUT2D eigenvalue weighted by atomic mass is 10.3. The first-order chi connectivity index (χ1) is 7.50. The third kappa shape index (κ3) is 3.41. The molecule has 16 heavy (non-hydrogen) atoms. The van der Waals surface area contributed by atoms with Crippen molar-refractivity contribution in [2.45, 2.75) is 13.8 Å². The Hall–Kier alpha value is -0.700. The summed E-state index contributed by atoms with van der Waals surface area (Å²) in [5.41, 5.74) is 0. The van der Waals surface area contributed by atoms with Crippen molar-refractivity contribution >= 4 is 19.2 Å². The predicted octanol–water partition coefficient (Wildman–Crippen LogP) is 3.67. The molecule has 1 unspecified atom stereocenters. The Labute approximate surface area is 99.7 Å². The van der Waals surface area contributed by atoms with Crippen molar-refractivity contribution in [2.75, 3.05) is 12.8 Å².